The van der Waals surface area contributed by atoms with Crippen molar-refractivity contribution in [1.29, 1.82) is 0 Å². The van der Waals surface area contributed by atoms with Gasteiger partial charge in [0.15, 0.2) is 5.82 Å². The first kappa shape index (κ1) is 8.25. The Labute approximate surface area is 86.5 Å². The molecule has 4 heteroatoms. The van der Waals surface area contributed by atoms with Crippen LogP contribution in [0.5, 0.6) is 0 Å². The molecule has 0 saturated heterocycles. The minimum atomic E-state index is -0.286. The normalized spacial score (nSPS) is 10.8. The van der Waals surface area contributed by atoms with Gasteiger partial charge in [-0.1, -0.05) is 0 Å². The molecule has 0 radical (unpaired) electrons. The molecule has 2 N–H and O–H groups in total. The molecule has 0 saturated carbocycles. The number of anilines is 1. The lowest BCUT2D eigenvalue weighted by Gasteiger charge is -1.89. The quantitative estimate of drug-likeness (QED) is 0.741. The third-order valence-electron chi connectivity index (χ3n) is 1.62. The summed E-state index contributed by atoms with van der Waals surface area (Å²) >= 11 is 3.48. The summed E-state index contributed by atoms with van der Waals surface area (Å²) in [5.74, 6) is -0.286. The molecule has 0 amide bonds. The van der Waals surface area contributed by atoms with Crippen molar-refractivity contribution in [3.63, 3.8) is 0 Å². The Morgan fingerprint density at radius 1 is 1.42 bits per heavy atom. The molecular weight excluding hydrogens is 288 g/mol. The predicted molar refractivity (Wildman–Crippen MR) is 58.9 cm³/mol. The van der Waals surface area contributed by atoms with Gasteiger partial charge in [0.1, 0.15) is 5.00 Å². The fourth-order valence-corrected chi connectivity index (χ4v) is 2.65. The summed E-state index contributed by atoms with van der Waals surface area (Å²) < 4.78 is 15.2. The van der Waals surface area contributed by atoms with Crippen molar-refractivity contribution in [3.8, 4) is 0 Å². The van der Waals surface area contributed by atoms with Crippen LogP contribution in [-0.4, -0.2) is 0 Å². The second kappa shape index (κ2) is 2.85. The SMILES string of the molecule is Nc1sc2cc(I)ccc2c1F. The molecule has 1 aromatic heterocycles. The Kier molecular flexibility index (Phi) is 1.96. The molecule has 0 bridgehead atoms. The number of rotatable bonds is 0. The lowest BCUT2D eigenvalue weighted by Crippen LogP contribution is -1.81. The van der Waals surface area contributed by atoms with Crippen molar-refractivity contribution in [1.82, 2.24) is 0 Å². The van der Waals surface area contributed by atoms with Gasteiger partial charge in [-0.3, -0.25) is 0 Å². The number of nitrogen functional groups attached to an aromatic ring is 1. The van der Waals surface area contributed by atoms with Crippen LogP contribution < -0.4 is 5.73 Å². The van der Waals surface area contributed by atoms with Crippen LogP contribution in [-0.2, 0) is 0 Å². The Morgan fingerprint density at radius 3 is 2.92 bits per heavy atom. The van der Waals surface area contributed by atoms with E-state index in [0.29, 0.717) is 5.39 Å². The molecule has 1 nitrogen and oxygen atoms in total. The number of fused-ring (bicyclic) bond motifs is 1. The average Bonchev–Trinajstić information content (AvgIpc) is 2.28. The van der Waals surface area contributed by atoms with Gasteiger partial charge in [0.05, 0.1) is 0 Å². The molecule has 0 atom stereocenters. The topological polar surface area (TPSA) is 26.0 Å². The lowest BCUT2D eigenvalue weighted by atomic mass is 10.2. The van der Waals surface area contributed by atoms with Gasteiger partial charge in [0, 0.05) is 13.7 Å². The maximum Gasteiger partial charge on any atom is 0.165 e. The van der Waals surface area contributed by atoms with Crippen LogP contribution in [0.1, 0.15) is 0 Å². The molecule has 0 fully saturated rings. The summed E-state index contributed by atoms with van der Waals surface area (Å²) in [4.78, 5) is 0. The van der Waals surface area contributed by atoms with Gasteiger partial charge in [-0.25, -0.2) is 4.39 Å². The van der Waals surface area contributed by atoms with Crippen LogP contribution in [0.15, 0.2) is 18.2 Å². The van der Waals surface area contributed by atoms with Gasteiger partial charge < -0.3 is 5.73 Å². The zero-order valence-corrected chi connectivity index (χ0v) is 8.95. The Balaban J connectivity index is 2.87. The smallest absolute Gasteiger partial charge is 0.165 e. The maximum absolute atomic E-state index is 13.2. The van der Waals surface area contributed by atoms with Crippen molar-refractivity contribution in [2.75, 3.05) is 5.73 Å². The van der Waals surface area contributed by atoms with Gasteiger partial charge in [-0.2, -0.15) is 0 Å². The Bertz CT molecular complexity index is 438. The highest BCUT2D eigenvalue weighted by atomic mass is 127. The molecule has 0 unspecified atom stereocenters. The molecule has 62 valence electrons. The second-order valence-corrected chi connectivity index (χ2v) is 4.75. The van der Waals surface area contributed by atoms with Crippen molar-refractivity contribution in [3.05, 3.63) is 27.6 Å². The number of hydrogen-bond donors (Lipinski definition) is 1. The van der Waals surface area contributed by atoms with Crippen molar-refractivity contribution < 1.29 is 4.39 Å². The standard InChI is InChI=1S/C8H5FINS/c9-7-5-2-1-4(10)3-6(5)12-8(7)11/h1-3H,11H2. The van der Waals surface area contributed by atoms with Crippen molar-refractivity contribution in [2.45, 2.75) is 0 Å². The minimum absolute atomic E-state index is 0.270. The number of thiophene rings is 1. The molecule has 0 aliphatic rings. The third kappa shape index (κ3) is 1.19. The average molecular weight is 293 g/mol. The molecule has 2 aromatic rings. The first-order valence-corrected chi connectivity index (χ1v) is 5.21. The van der Waals surface area contributed by atoms with Gasteiger partial charge in [0.25, 0.3) is 0 Å². The van der Waals surface area contributed by atoms with Crippen LogP contribution in [0.3, 0.4) is 0 Å². The molecule has 0 aliphatic carbocycles. The fraction of sp³-hybridized carbons (Fsp3) is 0. The van der Waals surface area contributed by atoms with E-state index in [4.69, 9.17) is 5.73 Å². The molecule has 1 aromatic carbocycles. The van der Waals surface area contributed by atoms with Crippen LogP contribution in [0, 0.1) is 9.39 Å². The highest BCUT2D eigenvalue weighted by Crippen LogP contribution is 2.32. The molecule has 0 spiro atoms. The molecule has 0 aliphatic heterocycles. The highest BCUT2D eigenvalue weighted by Gasteiger charge is 2.08. The zero-order valence-electron chi connectivity index (χ0n) is 5.97. The second-order valence-electron chi connectivity index (χ2n) is 2.42. The largest absolute Gasteiger partial charge is 0.388 e. The maximum atomic E-state index is 13.2. The monoisotopic (exact) mass is 293 g/mol. The number of nitrogens with two attached hydrogens (primary N) is 1. The number of hydrogen-bond acceptors (Lipinski definition) is 2. The van der Waals surface area contributed by atoms with E-state index in [9.17, 15) is 4.39 Å². The van der Waals surface area contributed by atoms with Crippen molar-refractivity contribution in [2.24, 2.45) is 0 Å². The first-order valence-electron chi connectivity index (χ1n) is 3.31. The van der Waals surface area contributed by atoms with Gasteiger partial charge in [-0.05, 0) is 40.8 Å². The summed E-state index contributed by atoms with van der Waals surface area (Å²) in [7, 11) is 0. The van der Waals surface area contributed by atoms with Crippen LogP contribution in [0.2, 0.25) is 0 Å². The summed E-state index contributed by atoms with van der Waals surface area (Å²) in [6.45, 7) is 0. The van der Waals surface area contributed by atoms with E-state index in [1.807, 2.05) is 12.1 Å². The van der Waals surface area contributed by atoms with E-state index in [1.165, 1.54) is 11.3 Å². The minimum Gasteiger partial charge on any atom is -0.388 e. The van der Waals surface area contributed by atoms with E-state index in [0.717, 1.165) is 8.27 Å². The molecular formula is C8H5FINS. The fourth-order valence-electron chi connectivity index (χ4n) is 1.06. The summed E-state index contributed by atoms with van der Waals surface area (Å²) in [6.07, 6.45) is 0. The van der Waals surface area contributed by atoms with E-state index in [-0.39, 0.29) is 10.8 Å². The number of benzene rings is 1. The summed E-state index contributed by atoms with van der Waals surface area (Å²) in [5.41, 5.74) is 5.44. The third-order valence-corrected chi connectivity index (χ3v) is 3.24. The van der Waals surface area contributed by atoms with Gasteiger partial charge in [0.2, 0.25) is 0 Å². The molecule has 1 heterocycles. The summed E-state index contributed by atoms with van der Waals surface area (Å²) in [6, 6.07) is 5.57. The van der Waals surface area contributed by atoms with Crippen LogP contribution in [0.4, 0.5) is 9.39 Å². The van der Waals surface area contributed by atoms with Crippen LogP contribution >= 0.6 is 33.9 Å². The zero-order chi connectivity index (χ0) is 8.72. The van der Waals surface area contributed by atoms with E-state index < -0.39 is 0 Å². The van der Waals surface area contributed by atoms with Crippen molar-refractivity contribution >= 4 is 49.0 Å². The first-order chi connectivity index (χ1) is 5.68. The molecule has 2 rings (SSSR count). The predicted octanol–water partition coefficient (Wildman–Crippen LogP) is 3.23. The Morgan fingerprint density at radius 2 is 2.17 bits per heavy atom. The van der Waals surface area contributed by atoms with E-state index in [2.05, 4.69) is 22.6 Å². The Hall–Kier alpha value is -0.360. The molecule has 12 heavy (non-hydrogen) atoms. The van der Waals surface area contributed by atoms with Gasteiger partial charge in [-0.15, -0.1) is 11.3 Å². The van der Waals surface area contributed by atoms with Gasteiger partial charge >= 0.3 is 0 Å². The summed E-state index contributed by atoms with van der Waals surface area (Å²) in [5, 5.41) is 0.893. The lowest BCUT2D eigenvalue weighted by molar-refractivity contribution is 0.648. The van der Waals surface area contributed by atoms with E-state index in [1.54, 1.807) is 6.07 Å². The van der Waals surface area contributed by atoms with Crippen LogP contribution in [0.25, 0.3) is 10.1 Å². The number of halogens is 2. The van der Waals surface area contributed by atoms with E-state index >= 15 is 0 Å². The highest BCUT2D eigenvalue weighted by molar-refractivity contribution is 14.1.